The molecule has 2 heterocycles. The monoisotopic (exact) mass is 270 g/mol. The molecule has 0 aromatic carbocycles. The largest absolute Gasteiger partial charge is 0.300 e. The van der Waals surface area contributed by atoms with Gasteiger partial charge in [0.1, 0.15) is 0 Å². The third kappa shape index (κ3) is 3.39. The fourth-order valence-electron chi connectivity index (χ4n) is 2.20. The van der Waals surface area contributed by atoms with Crippen molar-refractivity contribution in [3.05, 3.63) is 24.4 Å². The summed E-state index contributed by atoms with van der Waals surface area (Å²) in [4.78, 5) is 2.16. The van der Waals surface area contributed by atoms with Crippen LogP contribution in [0, 0.1) is 0 Å². The Hall–Kier alpha value is -1.21. The van der Waals surface area contributed by atoms with Crippen molar-refractivity contribution < 1.29 is 8.42 Å². The summed E-state index contributed by atoms with van der Waals surface area (Å²) in [6.45, 7) is 5.65. The average Bonchev–Trinajstić information content (AvgIpc) is 2.91. The molecule has 0 bridgehead atoms. The second kappa shape index (κ2) is 5.62. The molecule has 0 amide bonds. The van der Waals surface area contributed by atoms with Gasteiger partial charge in [0, 0.05) is 24.7 Å². The fraction of sp³-hybridized carbons (Fsp3) is 0.636. The summed E-state index contributed by atoms with van der Waals surface area (Å²) in [5.41, 5.74) is 0. The van der Waals surface area contributed by atoms with Crippen LogP contribution in [0.2, 0.25) is 0 Å². The Bertz CT molecular complexity index is 483. The molecule has 1 aliphatic rings. The molecule has 7 heteroatoms. The van der Waals surface area contributed by atoms with Crippen LogP contribution in [0.5, 0.6) is 0 Å². The van der Waals surface area contributed by atoms with Gasteiger partial charge in [-0.25, -0.2) is 13.1 Å². The third-order valence-corrected chi connectivity index (χ3v) is 4.50. The number of nitrogens with zero attached hydrogens (tertiary/aromatic N) is 4. The highest BCUT2D eigenvalue weighted by Gasteiger charge is 2.22. The lowest BCUT2D eigenvalue weighted by atomic mass is 10.1. The Morgan fingerprint density at radius 3 is 3.00 bits per heavy atom. The Labute approximate surface area is 107 Å². The van der Waals surface area contributed by atoms with Crippen molar-refractivity contribution in [3.63, 3.8) is 0 Å². The van der Waals surface area contributed by atoms with Gasteiger partial charge in [0.25, 0.3) is 0 Å². The van der Waals surface area contributed by atoms with Crippen LogP contribution in [-0.2, 0) is 9.84 Å². The molecule has 1 aromatic heterocycles. The second-order valence-corrected chi connectivity index (χ2v) is 6.58. The predicted octanol–water partition coefficient (Wildman–Crippen LogP) is 0.473. The van der Waals surface area contributed by atoms with Gasteiger partial charge in [-0.2, -0.15) is 0 Å². The summed E-state index contributed by atoms with van der Waals surface area (Å²) >= 11 is 0. The van der Waals surface area contributed by atoms with Crippen molar-refractivity contribution in [3.8, 4) is 0 Å². The first-order valence-corrected chi connectivity index (χ1v) is 7.75. The molecule has 2 rings (SSSR count). The maximum Gasteiger partial charge on any atom is 0.172 e. The minimum Gasteiger partial charge on any atom is -0.300 e. The summed E-state index contributed by atoms with van der Waals surface area (Å²) < 4.78 is 24.6. The zero-order valence-electron chi connectivity index (χ0n) is 10.3. The van der Waals surface area contributed by atoms with Crippen LogP contribution >= 0.6 is 0 Å². The maximum absolute atomic E-state index is 11.4. The maximum atomic E-state index is 11.4. The topological polar surface area (TPSA) is 68.1 Å². The third-order valence-electron chi connectivity index (χ3n) is 3.24. The molecule has 6 nitrogen and oxygen atoms in total. The number of hydrogen-bond donors (Lipinski definition) is 0. The van der Waals surface area contributed by atoms with Gasteiger partial charge in [-0.1, -0.05) is 11.8 Å². The van der Waals surface area contributed by atoms with Crippen molar-refractivity contribution in [2.45, 2.75) is 18.9 Å². The minimum atomic E-state index is -3.10. The first kappa shape index (κ1) is 13.2. The molecule has 1 aliphatic heterocycles. The lowest BCUT2D eigenvalue weighted by Crippen LogP contribution is -2.39. The van der Waals surface area contributed by atoms with Crippen LogP contribution < -0.4 is 0 Å². The van der Waals surface area contributed by atoms with E-state index >= 15 is 0 Å². The number of hydrogen-bond acceptors (Lipinski definition) is 5. The summed E-state index contributed by atoms with van der Waals surface area (Å²) in [5, 5.41) is 8.84. The van der Waals surface area contributed by atoms with Gasteiger partial charge < -0.3 is 4.90 Å². The molecule has 1 atom stereocenters. The van der Waals surface area contributed by atoms with Crippen molar-refractivity contribution in [1.29, 1.82) is 0 Å². The zero-order chi connectivity index (χ0) is 13.0. The first-order valence-electron chi connectivity index (χ1n) is 6.04. The number of sulfone groups is 1. The first-order chi connectivity index (χ1) is 8.61. The summed E-state index contributed by atoms with van der Waals surface area (Å²) in [5.74, 6) is 0.139. The molecule has 1 fully saturated rings. The van der Waals surface area contributed by atoms with E-state index in [0.29, 0.717) is 12.6 Å². The summed E-state index contributed by atoms with van der Waals surface area (Å²) in [6.07, 6.45) is 5.64. The highest BCUT2D eigenvalue weighted by molar-refractivity contribution is 7.94. The van der Waals surface area contributed by atoms with Crippen molar-refractivity contribution in [1.82, 2.24) is 19.9 Å². The Balaban J connectivity index is 1.89. The highest BCUT2D eigenvalue weighted by atomic mass is 32.2. The molecule has 0 aliphatic carbocycles. The van der Waals surface area contributed by atoms with Crippen LogP contribution in [0.3, 0.4) is 0 Å². The summed E-state index contributed by atoms with van der Waals surface area (Å²) in [6, 6.07) is 0.299. The van der Waals surface area contributed by atoms with E-state index in [9.17, 15) is 8.42 Å². The van der Waals surface area contributed by atoms with Gasteiger partial charge >= 0.3 is 0 Å². The van der Waals surface area contributed by atoms with Crippen LogP contribution in [0.4, 0.5) is 0 Å². The molecular formula is C11H18N4O2S. The molecule has 1 unspecified atom stereocenters. The average molecular weight is 270 g/mol. The van der Waals surface area contributed by atoms with Crippen LogP contribution in [-0.4, -0.2) is 53.7 Å². The van der Waals surface area contributed by atoms with E-state index in [4.69, 9.17) is 0 Å². The van der Waals surface area contributed by atoms with Crippen molar-refractivity contribution >= 4 is 9.84 Å². The molecule has 100 valence electrons. The van der Waals surface area contributed by atoms with Crippen LogP contribution in [0.15, 0.2) is 24.4 Å². The predicted molar refractivity (Wildman–Crippen MR) is 68.7 cm³/mol. The van der Waals surface area contributed by atoms with Gasteiger partial charge in [-0.3, -0.25) is 0 Å². The molecule has 1 saturated heterocycles. The zero-order valence-corrected chi connectivity index (χ0v) is 11.1. The van der Waals surface area contributed by atoms with Crippen molar-refractivity contribution in [2.75, 3.05) is 25.4 Å². The smallest absolute Gasteiger partial charge is 0.172 e. The molecule has 0 spiro atoms. The van der Waals surface area contributed by atoms with Gasteiger partial charge in [-0.15, -0.1) is 5.10 Å². The quantitative estimate of drug-likeness (QED) is 0.778. The molecule has 1 aromatic rings. The van der Waals surface area contributed by atoms with Crippen LogP contribution in [0.25, 0.3) is 0 Å². The Morgan fingerprint density at radius 2 is 2.33 bits per heavy atom. The molecular weight excluding hydrogens is 252 g/mol. The summed E-state index contributed by atoms with van der Waals surface area (Å²) in [7, 11) is -3.10. The van der Waals surface area contributed by atoms with E-state index in [1.54, 1.807) is 6.20 Å². The van der Waals surface area contributed by atoms with E-state index < -0.39 is 9.84 Å². The number of piperidine rings is 1. The number of rotatable bonds is 5. The standard InChI is InChI=1S/C11H18N4O2S/c1-2-18(16,17)9-8-14-6-3-4-11(10-14)15-7-5-12-13-15/h2,5,7,11H,1,3-4,6,8-10H2. The lowest BCUT2D eigenvalue weighted by Gasteiger charge is -2.32. The van der Waals surface area contributed by atoms with E-state index in [1.807, 2.05) is 10.9 Å². The molecule has 0 radical (unpaired) electrons. The van der Waals surface area contributed by atoms with E-state index in [-0.39, 0.29) is 5.75 Å². The molecule has 0 saturated carbocycles. The van der Waals surface area contributed by atoms with Crippen LogP contribution in [0.1, 0.15) is 18.9 Å². The van der Waals surface area contributed by atoms with E-state index in [2.05, 4.69) is 21.8 Å². The Kier molecular flexibility index (Phi) is 4.13. The Morgan fingerprint density at radius 1 is 1.50 bits per heavy atom. The van der Waals surface area contributed by atoms with Gasteiger partial charge in [-0.05, 0) is 19.4 Å². The lowest BCUT2D eigenvalue weighted by molar-refractivity contribution is 0.176. The SMILES string of the molecule is C=CS(=O)(=O)CCN1CCCC(n2ccnn2)C1. The second-order valence-electron chi connectivity index (χ2n) is 4.51. The normalized spacial score (nSPS) is 21.9. The van der Waals surface area contributed by atoms with E-state index in [1.165, 1.54) is 0 Å². The fourth-order valence-corrected chi connectivity index (χ4v) is 2.88. The highest BCUT2D eigenvalue weighted by Crippen LogP contribution is 2.20. The molecule has 18 heavy (non-hydrogen) atoms. The number of likely N-dealkylation sites (tertiary alicyclic amines) is 1. The molecule has 0 N–H and O–H groups in total. The minimum absolute atomic E-state index is 0.139. The van der Waals surface area contributed by atoms with Gasteiger partial charge in [0.05, 0.1) is 18.0 Å². The number of aromatic nitrogens is 3. The van der Waals surface area contributed by atoms with E-state index in [0.717, 1.165) is 31.3 Å². The van der Waals surface area contributed by atoms with Crippen molar-refractivity contribution in [2.24, 2.45) is 0 Å². The van der Waals surface area contributed by atoms with Gasteiger partial charge in [0.15, 0.2) is 9.84 Å². The van der Waals surface area contributed by atoms with Gasteiger partial charge in [0.2, 0.25) is 0 Å².